The molecule has 2 aromatic rings. The highest BCUT2D eigenvalue weighted by Gasteiger charge is 2.32. The fourth-order valence-electron chi connectivity index (χ4n) is 2.98. The summed E-state index contributed by atoms with van der Waals surface area (Å²) in [6.45, 7) is 1.75. The molecule has 0 aliphatic carbocycles. The third kappa shape index (κ3) is 3.98. The van der Waals surface area contributed by atoms with Gasteiger partial charge in [0.15, 0.2) is 0 Å². The number of methoxy groups -OCH3 is 1. The molecule has 8 heteroatoms. The number of rotatable bonds is 7. The summed E-state index contributed by atoms with van der Waals surface area (Å²) in [6.07, 6.45) is 1.36. The first kappa shape index (κ1) is 19.0. The standard InChI is InChI=1S/C18H22N2O4S2/c1-24-11-4-9-19-18(21)17-16(8-12-25-17)26(22,23)20-10-7-14-5-2-3-6-15(14)13-20/h2-3,5-6,8,12H,4,7,9-11,13H2,1H3,(H,19,21). The third-order valence-corrected chi connectivity index (χ3v) is 7.29. The van der Waals surface area contributed by atoms with Crippen LogP contribution >= 0.6 is 11.3 Å². The smallest absolute Gasteiger partial charge is 0.262 e. The van der Waals surface area contributed by atoms with E-state index in [2.05, 4.69) is 5.32 Å². The summed E-state index contributed by atoms with van der Waals surface area (Å²) in [5.41, 5.74) is 2.20. The molecule has 0 fully saturated rings. The fourth-order valence-corrected chi connectivity index (χ4v) is 5.71. The van der Waals surface area contributed by atoms with Crippen molar-refractivity contribution in [1.29, 1.82) is 0 Å². The van der Waals surface area contributed by atoms with Crippen molar-refractivity contribution >= 4 is 27.3 Å². The number of hydrogen-bond acceptors (Lipinski definition) is 5. The molecule has 0 radical (unpaired) electrons. The van der Waals surface area contributed by atoms with E-state index in [1.807, 2.05) is 24.3 Å². The number of nitrogens with zero attached hydrogens (tertiary/aromatic N) is 1. The van der Waals surface area contributed by atoms with Crippen molar-refractivity contribution in [1.82, 2.24) is 9.62 Å². The summed E-state index contributed by atoms with van der Waals surface area (Å²) in [4.78, 5) is 12.7. The molecule has 2 heterocycles. The van der Waals surface area contributed by atoms with Gasteiger partial charge in [0.2, 0.25) is 10.0 Å². The Labute approximate surface area is 157 Å². The van der Waals surface area contributed by atoms with Crippen molar-refractivity contribution in [3.05, 3.63) is 51.7 Å². The Kier molecular flexibility index (Phi) is 6.08. The van der Waals surface area contributed by atoms with E-state index in [1.165, 1.54) is 15.9 Å². The Bertz CT molecular complexity index is 877. The van der Waals surface area contributed by atoms with Gasteiger partial charge in [0.25, 0.3) is 5.91 Å². The lowest BCUT2D eigenvalue weighted by Gasteiger charge is -2.28. The van der Waals surface area contributed by atoms with E-state index < -0.39 is 10.0 Å². The van der Waals surface area contributed by atoms with Gasteiger partial charge in [0.1, 0.15) is 9.77 Å². The maximum Gasteiger partial charge on any atom is 0.262 e. The molecule has 0 spiro atoms. The van der Waals surface area contributed by atoms with Crippen LogP contribution in [-0.4, -0.2) is 45.4 Å². The lowest BCUT2D eigenvalue weighted by Crippen LogP contribution is -2.37. The molecular weight excluding hydrogens is 372 g/mol. The van der Waals surface area contributed by atoms with Gasteiger partial charge in [-0.2, -0.15) is 4.31 Å². The lowest BCUT2D eigenvalue weighted by atomic mass is 10.0. The largest absolute Gasteiger partial charge is 0.385 e. The van der Waals surface area contributed by atoms with Gasteiger partial charge in [0.05, 0.1) is 0 Å². The van der Waals surface area contributed by atoms with Crippen LogP contribution in [0, 0.1) is 0 Å². The minimum Gasteiger partial charge on any atom is -0.385 e. The number of fused-ring (bicyclic) bond motifs is 1. The van der Waals surface area contributed by atoms with Crippen LogP contribution in [0.5, 0.6) is 0 Å². The van der Waals surface area contributed by atoms with Gasteiger partial charge >= 0.3 is 0 Å². The van der Waals surface area contributed by atoms with Crippen LogP contribution < -0.4 is 5.32 Å². The Hall–Kier alpha value is -1.74. The zero-order valence-corrected chi connectivity index (χ0v) is 16.2. The van der Waals surface area contributed by atoms with Crippen LogP contribution in [0.15, 0.2) is 40.6 Å². The summed E-state index contributed by atoms with van der Waals surface area (Å²) in [6, 6.07) is 9.38. The molecule has 140 valence electrons. The summed E-state index contributed by atoms with van der Waals surface area (Å²) in [5, 5.41) is 4.41. The molecule has 1 aromatic heterocycles. The van der Waals surface area contributed by atoms with Crippen LogP contribution in [0.25, 0.3) is 0 Å². The van der Waals surface area contributed by atoms with Crippen molar-refractivity contribution in [2.75, 3.05) is 26.8 Å². The molecule has 3 rings (SSSR count). The third-order valence-electron chi connectivity index (χ3n) is 4.36. The predicted octanol–water partition coefficient (Wildman–Crippen LogP) is 2.26. The van der Waals surface area contributed by atoms with E-state index in [0.717, 1.165) is 16.9 Å². The molecule has 1 aliphatic rings. The monoisotopic (exact) mass is 394 g/mol. The first-order chi connectivity index (χ1) is 12.5. The number of ether oxygens (including phenoxy) is 1. The van der Waals surface area contributed by atoms with Crippen molar-refractivity contribution in [3.8, 4) is 0 Å². The van der Waals surface area contributed by atoms with Crippen LogP contribution in [0.3, 0.4) is 0 Å². The summed E-state index contributed by atoms with van der Waals surface area (Å²) >= 11 is 1.15. The van der Waals surface area contributed by atoms with Crippen molar-refractivity contribution in [2.24, 2.45) is 0 Å². The molecule has 0 unspecified atom stereocenters. The van der Waals surface area contributed by atoms with E-state index >= 15 is 0 Å². The summed E-state index contributed by atoms with van der Waals surface area (Å²) in [7, 11) is -2.11. The highest BCUT2D eigenvalue weighted by molar-refractivity contribution is 7.89. The zero-order chi connectivity index (χ0) is 18.6. The minimum absolute atomic E-state index is 0.0890. The van der Waals surface area contributed by atoms with E-state index in [0.29, 0.717) is 39.1 Å². The second-order valence-corrected chi connectivity index (χ2v) is 8.90. The lowest BCUT2D eigenvalue weighted by molar-refractivity contribution is 0.0949. The topological polar surface area (TPSA) is 75.7 Å². The number of carbonyl (C=O) groups is 1. The second-order valence-electron chi connectivity index (χ2n) is 6.07. The van der Waals surface area contributed by atoms with Crippen molar-refractivity contribution in [3.63, 3.8) is 0 Å². The van der Waals surface area contributed by atoms with E-state index in [9.17, 15) is 13.2 Å². The van der Waals surface area contributed by atoms with E-state index in [4.69, 9.17) is 4.74 Å². The molecule has 0 bridgehead atoms. The number of sulfonamides is 1. The van der Waals surface area contributed by atoms with Crippen molar-refractivity contribution < 1.29 is 17.9 Å². The van der Waals surface area contributed by atoms with Gasteiger partial charge in [-0.25, -0.2) is 8.42 Å². The molecule has 0 atom stereocenters. The Balaban J connectivity index is 1.77. The molecule has 0 saturated carbocycles. The number of amides is 1. The molecule has 0 saturated heterocycles. The number of thiophene rings is 1. The van der Waals surface area contributed by atoms with Crippen LogP contribution in [-0.2, 0) is 27.7 Å². The maximum absolute atomic E-state index is 13.1. The van der Waals surface area contributed by atoms with Crippen LogP contribution in [0.2, 0.25) is 0 Å². The number of benzene rings is 1. The fraction of sp³-hybridized carbons (Fsp3) is 0.389. The molecular formula is C18H22N2O4S2. The van der Waals surface area contributed by atoms with E-state index in [-0.39, 0.29) is 15.7 Å². The first-order valence-corrected chi connectivity index (χ1v) is 10.8. The Morgan fingerprint density at radius 2 is 2.04 bits per heavy atom. The molecule has 1 amide bonds. The minimum atomic E-state index is -3.71. The molecule has 6 nitrogen and oxygen atoms in total. The quantitative estimate of drug-likeness (QED) is 0.731. The molecule has 1 aliphatic heterocycles. The Morgan fingerprint density at radius 1 is 1.27 bits per heavy atom. The normalized spacial score (nSPS) is 14.8. The average Bonchev–Trinajstić information content (AvgIpc) is 3.15. The summed E-state index contributed by atoms with van der Waals surface area (Å²) in [5.74, 6) is -0.355. The van der Waals surface area contributed by atoms with Crippen LogP contribution in [0.4, 0.5) is 0 Å². The maximum atomic E-state index is 13.1. The van der Waals surface area contributed by atoms with Crippen LogP contribution in [0.1, 0.15) is 27.2 Å². The SMILES string of the molecule is COCCCNC(=O)c1sccc1S(=O)(=O)N1CCc2ccccc2C1. The number of carbonyl (C=O) groups excluding carboxylic acids is 1. The average molecular weight is 395 g/mol. The van der Waals surface area contributed by atoms with Gasteiger partial charge < -0.3 is 10.1 Å². The zero-order valence-electron chi connectivity index (χ0n) is 14.6. The second kappa shape index (κ2) is 8.30. The van der Waals surface area contributed by atoms with Gasteiger partial charge in [-0.15, -0.1) is 11.3 Å². The van der Waals surface area contributed by atoms with Gasteiger partial charge in [-0.05, 0) is 35.4 Å². The number of hydrogen-bond donors (Lipinski definition) is 1. The van der Waals surface area contributed by atoms with Gasteiger partial charge in [-0.3, -0.25) is 4.79 Å². The van der Waals surface area contributed by atoms with Gasteiger partial charge in [0, 0.05) is 33.4 Å². The van der Waals surface area contributed by atoms with Crippen molar-refractivity contribution in [2.45, 2.75) is 24.3 Å². The highest BCUT2D eigenvalue weighted by Crippen LogP contribution is 2.29. The molecule has 26 heavy (non-hydrogen) atoms. The first-order valence-electron chi connectivity index (χ1n) is 8.45. The summed E-state index contributed by atoms with van der Waals surface area (Å²) < 4.78 is 32.6. The Morgan fingerprint density at radius 3 is 2.81 bits per heavy atom. The van der Waals surface area contributed by atoms with Gasteiger partial charge in [-0.1, -0.05) is 24.3 Å². The molecule has 1 aromatic carbocycles. The highest BCUT2D eigenvalue weighted by atomic mass is 32.2. The van der Waals surface area contributed by atoms with E-state index in [1.54, 1.807) is 12.5 Å². The molecule has 1 N–H and O–H groups in total. The number of nitrogens with one attached hydrogen (secondary N) is 1. The predicted molar refractivity (Wildman–Crippen MR) is 101 cm³/mol.